The molecule has 0 heterocycles. The maximum absolute atomic E-state index is 12.2. The topological polar surface area (TPSA) is 92.5 Å². The molecular weight excluding hydrogens is 340 g/mol. The minimum Gasteiger partial charge on any atom is -0.396 e. The lowest BCUT2D eigenvalue weighted by Gasteiger charge is -2.26. The fourth-order valence-corrected chi connectivity index (χ4v) is 3.11. The lowest BCUT2D eigenvalue weighted by atomic mass is 9.87. The standard InChI is InChI=1S/C14H17BrN2O4/c15-12-4-3-10(17(20)21)7-11(12)13(19)16-8-14(9-18)5-1-2-6-14/h3-4,7,18H,1-2,5-6,8-9H2,(H,16,19). The van der Waals surface area contributed by atoms with Crippen LogP contribution < -0.4 is 5.32 Å². The van der Waals surface area contributed by atoms with Crippen LogP contribution in [-0.4, -0.2) is 29.1 Å². The molecule has 1 aliphatic rings. The third kappa shape index (κ3) is 3.59. The predicted octanol–water partition coefficient (Wildman–Crippen LogP) is 2.64. The molecule has 1 aromatic carbocycles. The summed E-state index contributed by atoms with van der Waals surface area (Å²) in [6, 6.07) is 4.08. The van der Waals surface area contributed by atoms with Crippen molar-refractivity contribution in [3.63, 3.8) is 0 Å². The van der Waals surface area contributed by atoms with Crippen molar-refractivity contribution >= 4 is 27.5 Å². The fraction of sp³-hybridized carbons (Fsp3) is 0.500. The number of hydrogen-bond donors (Lipinski definition) is 2. The number of rotatable bonds is 5. The van der Waals surface area contributed by atoms with E-state index in [1.165, 1.54) is 18.2 Å². The van der Waals surface area contributed by atoms with E-state index in [0.717, 1.165) is 25.7 Å². The molecule has 21 heavy (non-hydrogen) atoms. The number of carbonyl (C=O) groups excluding carboxylic acids is 1. The minimum absolute atomic E-state index is 0.0450. The zero-order chi connectivity index (χ0) is 15.5. The van der Waals surface area contributed by atoms with Crippen molar-refractivity contribution in [1.29, 1.82) is 0 Å². The smallest absolute Gasteiger partial charge is 0.270 e. The molecule has 0 spiro atoms. The monoisotopic (exact) mass is 356 g/mol. The third-order valence-corrected chi connectivity index (χ3v) is 4.72. The van der Waals surface area contributed by atoms with Gasteiger partial charge in [-0.25, -0.2) is 0 Å². The second-order valence-corrected chi connectivity index (χ2v) is 6.32. The van der Waals surface area contributed by atoms with Crippen LogP contribution in [0.2, 0.25) is 0 Å². The van der Waals surface area contributed by atoms with Crippen molar-refractivity contribution in [3.8, 4) is 0 Å². The average Bonchev–Trinajstić information content (AvgIpc) is 2.94. The lowest BCUT2D eigenvalue weighted by Crippen LogP contribution is -2.38. The molecule has 2 N–H and O–H groups in total. The van der Waals surface area contributed by atoms with Crippen LogP contribution in [0, 0.1) is 15.5 Å². The van der Waals surface area contributed by atoms with Crippen molar-refractivity contribution in [2.75, 3.05) is 13.2 Å². The number of halogens is 1. The Balaban J connectivity index is 2.09. The molecule has 0 unspecified atom stereocenters. The van der Waals surface area contributed by atoms with Gasteiger partial charge in [0.15, 0.2) is 0 Å². The Morgan fingerprint density at radius 3 is 2.67 bits per heavy atom. The Morgan fingerprint density at radius 1 is 1.43 bits per heavy atom. The van der Waals surface area contributed by atoms with Gasteiger partial charge in [-0.3, -0.25) is 14.9 Å². The molecule has 0 radical (unpaired) electrons. The van der Waals surface area contributed by atoms with E-state index in [0.29, 0.717) is 11.0 Å². The largest absolute Gasteiger partial charge is 0.396 e. The number of amides is 1. The molecule has 1 aromatic rings. The molecule has 1 fully saturated rings. The molecule has 0 atom stereocenters. The molecule has 7 heteroatoms. The van der Waals surface area contributed by atoms with Gasteiger partial charge in [0.1, 0.15) is 0 Å². The predicted molar refractivity (Wildman–Crippen MR) is 81.1 cm³/mol. The summed E-state index contributed by atoms with van der Waals surface area (Å²) in [4.78, 5) is 22.5. The summed E-state index contributed by atoms with van der Waals surface area (Å²) in [5.74, 6) is -0.370. The number of aliphatic hydroxyl groups is 1. The summed E-state index contributed by atoms with van der Waals surface area (Å²) < 4.78 is 0.509. The van der Waals surface area contributed by atoms with Crippen LogP contribution in [0.3, 0.4) is 0 Å². The number of nitrogens with zero attached hydrogens (tertiary/aromatic N) is 1. The van der Waals surface area contributed by atoms with Crippen molar-refractivity contribution < 1.29 is 14.8 Å². The van der Waals surface area contributed by atoms with Gasteiger partial charge in [0.2, 0.25) is 0 Å². The Hall–Kier alpha value is -1.47. The van der Waals surface area contributed by atoms with E-state index < -0.39 is 4.92 Å². The van der Waals surface area contributed by atoms with Gasteiger partial charge < -0.3 is 10.4 Å². The second kappa shape index (κ2) is 6.53. The van der Waals surface area contributed by atoms with Crippen LogP contribution in [0.15, 0.2) is 22.7 Å². The lowest BCUT2D eigenvalue weighted by molar-refractivity contribution is -0.384. The van der Waals surface area contributed by atoms with Gasteiger partial charge in [0.05, 0.1) is 17.1 Å². The molecule has 1 aliphatic carbocycles. The molecule has 0 aliphatic heterocycles. The molecule has 2 rings (SSSR count). The van der Waals surface area contributed by atoms with Crippen LogP contribution in [0.25, 0.3) is 0 Å². The summed E-state index contributed by atoms with van der Waals surface area (Å²) >= 11 is 3.23. The first-order valence-corrected chi connectivity index (χ1v) is 7.60. The number of carbonyl (C=O) groups is 1. The zero-order valence-electron chi connectivity index (χ0n) is 11.5. The molecule has 1 amide bonds. The number of aliphatic hydroxyl groups excluding tert-OH is 1. The van der Waals surface area contributed by atoms with E-state index in [-0.39, 0.29) is 29.2 Å². The second-order valence-electron chi connectivity index (χ2n) is 5.47. The quantitative estimate of drug-likeness (QED) is 0.626. The maximum atomic E-state index is 12.2. The van der Waals surface area contributed by atoms with Crippen LogP contribution in [-0.2, 0) is 0 Å². The zero-order valence-corrected chi connectivity index (χ0v) is 13.1. The Morgan fingerprint density at radius 2 is 2.10 bits per heavy atom. The highest BCUT2D eigenvalue weighted by molar-refractivity contribution is 9.10. The van der Waals surface area contributed by atoms with Crippen LogP contribution in [0.5, 0.6) is 0 Å². The fourth-order valence-electron chi connectivity index (χ4n) is 2.68. The molecule has 0 saturated heterocycles. The van der Waals surface area contributed by atoms with Gasteiger partial charge >= 0.3 is 0 Å². The van der Waals surface area contributed by atoms with E-state index in [1.54, 1.807) is 0 Å². The van der Waals surface area contributed by atoms with Crippen molar-refractivity contribution in [3.05, 3.63) is 38.3 Å². The first-order chi connectivity index (χ1) is 9.97. The van der Waals surface area contributed by atoms with Gasteiger partial charge in [0, 0.05) is 28.6 Å². The molecule has 0 bridgehead atoms. The van der Waals surface area contributed by atoms with Crippen molar-refractivity contribution in [2.24, 2.45) is 5.41 Å². The number of non-ortho nitro benzene ring substituents is 1. The summed E-state index contributed by atoms with van der Waals surface area (Å²) in [5.41, 5.74) is -0.139. The highest BCUT2D eigenvalue weighted by Crippen LogP contribution is 2.37. The third-order valence-electron chi connectivity index (χ3n) is 4.03. The maximum Gasteiger partial charge on any atom is 0.270 e. The SMILES string of the molecule is O=C(NCC1(CO)CCCC1)c1cc([N+](=O)[O-])ccc1Br. The van der Waals surface area contributed by atoms with Crippen LogP contribution >= 0.6 is 15.9 Å². The van der Waals surface area contributed by atoms with E-state index >= 15 is 0 Å². The van der Waals surface area contributed by atoms with Gasteiger partial charge in [-0.1, -0.05) is 12.8 Å². The molecule has 6 nitrogen and oxygen atoms in total. The number of nitro groups is 1. The minimum atomic E-state index is -0.532. The molecule has 0 aromatic heterocycles. The van der Waals surface area contributed by atoms with Gasteiger partial charge in [-0.2, -0.15) is 0 Å². The van der Waals surface area contributed by atoms with E-state index in [4.69, 9.17) is 0 Å². The highest BCUT2D eigenvalue weighted by Gasteiger charge is 2.33. The van der Waals surface area contributed by atoms with Crippen molar-refractivity contribution in [2.45, 2.75) is 25.7 Å². The highest BCUT2D eigenvalue weighted by atomic mass is 79.9. The first kappa shape index (κ1) is 15.9. The van der Waals surface area contributed by atoms with Gasteiger partial charge in [-0.05, 0) is 34.8 Å². The number of benzene rings is 1. The normalized spacial score (nSPS) is 16.7. The van der Waals surface area contributed by atoms with Crippen LogP contribution in [0.1, 0.15) is 36.0 Å². The Bertz CT molecular complexity index is 556. The number of nitro benzene ring substituents is 1. The van der Waals surface area contributed by atoms with Crippen LogP contribution in [0.4, 0.5) is 5.69 Å². The summed E-state index contributed by atoms with van der Waals surface area (Å²) in [7, 11) is 0. The average molecular weight is 357 g/mol. The molecular formula is C14H17BrN2O4. The van der Waals surface area contributed by atoms with Gasteiger partial charge in [-0.15, -0.1) is 0 Å². The van der Waals surface area contributed by atoms with E-state index in [2.05, 4.69) is 21.2 Å². The Labute approximate surface area is 130 Å². The molecule has 1 saturated carbocycles. The summed E-state index contributed by atoms with van der Waals surface area (Å²) in [6.45, 7) is 0.431. The van der Waals surface area contributed by atoms with Gasteiger partial charge in [0.25, 0.3) is 11.6 Å². The molecule has 114 valence electrons. The number of nitrogens with one attached hydrogen (secondary N) is 1. The number of hydrogen-bond acceptors (Lipinski definition) is 4. The first-order valence-electron chi connectivity index (χ1n) is 6.80. The van der Waals surface area contributed by atoms with E-state index in [1.807, 2.05) is 0 Å². The summed E-state index contributed by atoms with van der Waals surface area (Å²) in [6.07, 6.45) is 3.88. The summed E-state index contributed by atoms with van der Waals surface area (Å²) in [5, 5.41) is 23.1. The van der Waals surface area contributed by atoms with Crippen molar-refractivity contribution in [1.82, 2.24) is 5.32 Å². The van der Waals surface area contributed by atoms with E-state index in [9.17, 15) is 20.0 Å². The Kier molecular flexibility index (Phi) is 4.95.